The molecule has 1 aliphatic rings. The monoisotopic (exact) mass is 233 g/mol. The van der Waals surface area contributed by atoms with Crippen LogP contribution >= 0.6 is 0 Å². The summed E-state index contributed by atoms with van der Waals surface area (Å²) in [4.78, 5) is 16.0. The van der Waals surface area contributed by atoms with Gasteiger partial charge in [0.05, 0.1) is 12.2 Å². The maximum Gasteiger partial charge on any atom is 0.338 e. The lowest BCUT2D eigenvalue weighted by Gasteiger charge is -2.21. The van der Waals surface area contributed by atoms with Gasteiger partial charge in [-0.05, 0) is 31.9 Å². The fourth-order valence-corrected chi connectivity index (χ4v) is 2.41. The van der Waals surface area contributed by atoms with Gasteiger partial charge in [-0.2, -0.15) is 0 Å². The van der Waals surface area contributed by atoms with Gasteiger partial charge in [-0.1, -0.05) is 19.3 Å². The number of aromatic nitrogens is 1. The van der Waals surface area contributed by atoms with Gasteiger partial charge in [-0.3, -0.25) is 4.98 Å². The number of rotatable bonds is 3. The summed E-state index contributed by atoms with van der Waals surface area (Å²) in [6.07, 6.45) is 7.98. The molecule has 92 valence electrons. The van der Waals surface area contributed by atoms with Crippen LogP contribution in [-0.4, -0.2) is 17.6 Å². The van der Waals surface area contributed by atoms with Crippen molar-refractivity contribution < 1.29 is 9.53 Å². The Hall–Kier alpha value is -1.38. The highest BCUT2D eigenvalue weighted by Crippen LogP contribution is 2.31. The van der Waals surface area contributed by atoms with Crippen molar-refractivity contribution in [3.05, 3.63) is 29.6 Å². The predicted molar refractivity (Wildman–Crippen MR) is 66.0 cm³/mol. The van der Waals surface area contributed by atoms with Gasteiger partial charge in [0.25, 0.3) is 0 Å². The molecule has 1 aromatic heterocycles. The van der Waals surface area contributed by atoms with Crippen LogP contribution in [0, 0.1) is 0 Å². The molecule has 3 heteroatoms. The molecule has 2 rings (SSSR count). The van der Waals surface area contributed by atoms with Gasteiger partial charge in [0.1, 0.15) is 0 Å². The van der Waals surface area contributed by atoms with E-state index in [1.165, 1.54) is 32.1 Å². The zero-order chi connectivity index (χ0) is 12.1. The molecule has 0 spiro atoms. The van der Waals surface area contributed by atoms with Crippen LogP contribution in [0.1, 0.15) is 61.0 Å². The van der Waals surface area contributed by atoms with Crippen molar-refractivity contribution in [3.63, 3.8) is 0 Å². The van der Waals surface area contributed by atoms with Crippen molar-refractivity contribution in [1.29, 1.82) is 0 Å². The van der Waals surface area contributed by atoms with Gasteiger partial charge >= 0.3 is 5.97 Å². The summed E-state index contributed by atoms with van der Waals surface area (Å²) in [7, 11) is 0. The van der Waals surface area contributed by atoms with Gasteiger partial charge in [-0.15, -0.1) is 0 Å². The van der Waals surface area contributed by atoms with E-state index in [-0.39, 0.29) is 5.97 Å². The summed E-state index contributed by atoms with van der Waals surface area (Å²) < 4.78 is 5.00. The van der Waals surface area contributed by atoms with E-state index in [0.717, 1.165) is 5.69 Å². The molecule has 3 nitrogen and oxygen atoms in total. The second-order valence-corrected chi connectivity index (χ2v) is 4.52. The van der Waals surface area contributed by atoms with Gasteiger partial charge in [0.15, 0.2) is 0 Å². The minimum atomic E-state index is -0.244. The average Bonchev–Trinajstić information content (AvgIpc) is 2.40. The Morgan fingerprint density at radius 1 is 1.41 bits per heavy atom. The molecule has 0 atom stereocenters. The SMILES string of the molecule is CCOC(=O)c1ccnc(C2CCCCC2)c1. The fraction of sp³-hybridized carbons (Fsp3) is 0.571. The fourth-order valence-electron chi connectivity index (χ4n) is 2.41. The summed E-state index contributed by atoms with van der Waals surface area (Å²) in [5, 5.41) is 0. The van der Waals surface area contributed by atoms with Crippen LogP contribution < -0.4 is 0 Å². The zero-order valence-electron chi connectivity index (χ0n) is 10.3. The van der Waals surface area contributed by atoms with E-state index in [9.17, 15) is 4.79 Å². The molecule has 0 aliphatic heterocycles. The van der Waals surface area contributed by atoms with Crippen LogP contribution in [0.4, 0.5) is 0 Å². The number of esters is 1. The van der Waals surface area contributed by atoms with E-state index < -0.39 is 0 Å². The maximum absolute atomic E-state index is 11.6. The van der Waals surface area contributed by atoms with E-state index in [2.05, 4.69) is 4.98 Å². The molecule has 0 aromatic carbocycles. The topological polar surface area (TPSA) is 39.2 Å². The molecule has 0 N–H and O–H groups in total. The highest BCUT2D eigenvalue weighted by molar-refractivity contribution is 5.89. The second-order valence-electron chi connectivity index (χ2n) is 4.52. The lowest BCUT2D eigenvalue weighted by molar-refractivity contribution is 0.0526. The van der Waals surface area contributed by atoms with E-state index in [1.54, 1.807) is 12.3 Å². The van der Waals surface area contributed by atoms with Crippen LogP contribution in [0.5, 0.6) is 0 Å². The summed E-state index contributed by atoms with van der Waals surface area (Å²) in [5.74, 6) is 0.282. The van der Waals surface area contributed by atoms with Crippen LogP contribution in [-0.2, 0) is 4.74 Å². The molecule has 17 heavy (non-hydrogen) atoms. The number of nitrogens with zero attached hydrogens (tertiary/aromatic N) is 1. The van der Waals surface area contributed by atoms with Crippen molar-refractivity contribution in [1.82, 2.24) is 4.98 Å². The number of hydrogen-bond donors (Lipinski definition) is 0. The Morgan fingerprint density at radius 2 is 2.18 bits per heavy atom. The van der Waals surface area contributed by atoms with Crippen LogP contribution in [0.2, 0.25) is 0 Å². The third kappa shape index (κ3) is 3.05. The quantitative estimate of drug-likeness (QED) is 0.752. The minimum absolute atomic E-state index is 0.244. The Kier molecular flexibility index (Phi) is 4.13. The van der Waals surface area contributed by atoms with Crippen LogP contribution in [0.25, 0.3) is 0 Å². The third-order valence-corrected chi connectivity index (χ3v) is 3.32. The molecular weight excluding hydrogens is 214 g/mol. The Balaban J connectivity index is 2.12. The Labute approximate surface area is 102 Å². The molecule has 1 fully saturated rings. The first-order chi connectivity index (χ1) is 8.31. The molecule has 1 heterocycles. The summed E-state index contributed by atoms with van der Waals surface area (Å²) >= 11 is 0. The summed E-state index contributed by atoms with van der Waals surface area (Å²) in [5.41, 5.74) is 1.68. The molecule has 1 aromatic rings. The lowest BCUT2D eigenvalue weighted by atomic mass is 9.86. The van der Waals surface area contributed by atoms with Crippen molar-refractivity contribution in [2.45, 2.75) is 44.9 Å². The van der Waals surface area contributed by atoms with Crippen LogP contribution in [0.15, 0.2) is 18.3 Å². The third-order valence-electron chi connectivity index (χ3n) is 3.32. The molecule has 0 amide bonds. The van der Waals surface area contributed by atoms with Gasteiger partial charge < -0.3 is 4.74 Å². The largest absolute Gasteiger partial charge is 0.462 e. The van der Waals surface area contributed by atoms with E-state index in [1.807, 2.05) is 13.0 Å². The van der Waals surface area contributed by atoms with Crippen molar-refractivity contribution in [2.24, 2.45) is 0 Å². The number of hydrogen-bond acceptors (Lipinski definition) is 3. The first-order valence-corrected chi connectivity index (χ1v) is 6.44. The summed E-state index contributed by atoms with van der Waals surface area (Å²) in [6.45, 7) is 2.24. The van der Waals surface area contributed by atoms with Gasteiger partial charge in [0, 0.05) is 17.8 Å². The molecule has 0 radical (unpaired) electrons. The minimum Gasteiger partial charge on any atom is -0.462 e. The smallest absolute Gasteiger partial charge is 0.338 e. The first kappa shape index (κ1) is 12.1. The molecule has 0 unspecified atom stereocenters. The molecule has 0 saturated heterocycles. The predicted octanol–water partition coefficient (Wildman–Crippen LogP) is 3.31. The molecule has 1 aliphatic carbocycles. The molecule has 1 saturated carbocycles. The van der Waals surface area contributed by atoms with Crippen molar-refractivity contribution >= 4 is 5.97 Å². The highest BCUT2D eigenvalue weighted by Gasteiger charge is 2.18. The number of carbonyl (C=O) groups is 1. The van der Waals surface area contributed by atoms with E-state index >= 15 is 0 Å². The number of ether oxygens (including phenoxy) is 1. The summed E-state index contributed by atoms with van der Waals surface area (Å²) in [6, 6.07) is 3.62. The molecular formula is C14H19NO2. The highest BCUT2D eigenvalue weighted by atomic mass is 16.5. The van der Waals surface area contributed by atoms with E-state index in [4.69, 9.17) is 4.74 Å². The number of pyridine rings is 1. The first-order valence-electron chi connectivity index (χ1n) is 6.44. The van der Waals surface area contributed by atoms with Crippen molar-refractivity contribution in [3.8, 4) is 0 Å². The Morgan fingerprint density at radius 3 is 2.88 bits per heavy atom. The lowest BCUT2D eigenvalue weighted by Crippen LogP contribution is -2.09. The zero-order valence-corrected chi connectivity index (χ0v) is 10.3. The van der Waals surface area contributed by atoms with Gasteiger partial charge in [0.2, 0.25) is 0 Å². The van der Waals surface area contributed by atoms with Crippen LogP contribution in [0.3, 0.4) is 0 Å². The Bertz CT molecular complexity index is 384. The normalized spacial score (nSPS) is 16.8. The number of carbonyl (C=O) groups excluding carboxylic acids is 1. The maximum atomic E-state index is 11.6. The van der Waals surface area contributed by atoms with E-state index in [0.29, 0.717) is 18.1 Å². The second kappa shape index (κ2) is 5.80. The van der Waals surface area contributed by atoms with Gasteiger partial charge in [-0.25, -0.2) is 4.79 Å². The molecule has 0 bridgehead atoms. The average molecular weight is 233 g/mol. The van der Waals surface area contributed by atoms with Crippen molar-refractivity contribution in [2.75, 3.05) is 6.61 Å². The standard InChI is InChI=1S/C14H19NO2/c1-2-17-14(16)12-8-9-15-13(10-12)11-6-4-3-5-7-11/h8-11H,2-7H2,1H3.